The maximum absolute atomic E-state index is 14.3. The van der Waals surface area contributed by atoms with Crippen molar-refractivity contribution in [3.05, 3.63) is 53.6 Å². The van der Waals surface area contributed by atoms with E-state index < -0.39 is 115 Å². The summed E-state index contributed by atoms with van der Waals surface area (Å²) in [6.07, 6.45) is -12.0. The molecule has 0 bridgehead atoms. The Morgan fingerprint density at radius 1 is 0.977 bits per heavy atom. The third kappa shape index (κ3) is 5.32. The predicted molar refractivity (Wildman–Crippen MR) is 131 cm³/mol. The van der Waals surface area contributed by atoms with Crippen LogP contribution in [0.5, 0.6) is 0 Å². The van der Waals surface area contributed by atoms with Gasteiger partial charge in [0.05, 0.1) is 21.8 Å². The van der Waals surface area contributed by atoms with Crippen LogP contribution < -0.4 is 5.32 Å². The lowest BCUT2D eigenvalue weighted by molar-refractivity contribution is -0.199. The number of benzene rings is 2. The number of nitriles is 1. The number of sulfone groups is 1. The summed E-state index contributed by atoms with van der Waals surface area (Å²) in [4.78, 5) is 25.4. The summed E-state index contributed by atoms with van der Waals surface area (Å²) in [5, 5.41) is 9.70. The molecule has 0 aromatic heterocycles. The van der Waals surface area contributed by atoms with Crippen molar-refractivity contribution >= 4 is 21.7 Å². The van der Waals surface area contributed by atoms with Gasteiger partial charge in [0, 0.05) is 18.2 Å². The van der Waals surface area contributed by atoms with E-state index in [2.05, 4.69) is 5.32 Å². The first-order chi connectivity index (χ1) is 19.8. The Hall–Kier alpha value is -3.74. The zero-order chi connectivity index (χ0) is 31.8. The fraction of sp³-hybridized carbons (Fsp3) is 0.444. The van der Waals surface area contributed by atoms with E-state index in [1.54, 1.807) is 0 Å². The van der Waals surface area contributed by atoms with Gasteiger partial charge in [-0.1, -0.05) is 6.07 Å². The van der Waals surface area contributed by atoms with E-state index in [9.17, 15) is 58.4 Å². The molecule has 7 nitrogen and oxygen atoms in total. The van der Waals surface area contributed by atoms with Crippen LogP contribution in [0.15, 0.2) is 41.3 Å². The fourth-order valence-corrected chi connectivity index (χ4v) is 7.18. The monoisotopic (exact) mass is 635 g/mol. The highest BCUT2D eigenvalue weighted by atomic mass is 32.2. The third-order valence-electron chi connectivity index (χ3n) is 8.13. The standard InChI is InChI=1S/C27H21F8N3O4S/c28-15-2-3-17(19(29)10-15)14-1-4-21(18(9-14)26(30,31)32)43(41,42)16-11-20(22(39)37-24(13-36)5-6-24)38(12-16)23(40)25(7-8-25)27(33,34)35/h1-4,9-10,16,20H,5-8,11-12H2,(H,37,39)/t16-,20+/m1/s1. The summed E-state index contributed by atoms with van der Waals surface area (Å²) in [6.45, 7) is -1.01. The van der Waals surface area contributed by atoms with Crippen LogP contribution in [0.1, 0.15) is 37.7 Å². The number of carbonyl (C=O) groups is 2. The zero-order valence-electron chi connectivity index (χ0n) is 21.8. The minimum absolute atomic E-state index is 0.208. The summed E-state index contributed by atoms with van der Waals surface area (Å²) in [7, 11) is -5.09. The third-order valence-corrected chi connectivity index (χ3v) is 10.3. The Morgan fingerprint density at radius 3 is 2.14 bits per heavy atom. The summed E-state index contributed by atoms with van der Waals surface area (Å²) in [5.74, 6) is -4.89. The van der Waals surface area contributed by atoms with Crippen LogP contribution in [-0.4, -0.2) is 54.7 Å². The molecule has 1 N–H and O–H groups in total. The molecule has 5 rings (SSSR count). The molecule has 0 radical (unpaired) electrons. The summed E-state index contributed by atoms with van der Waals surface area (Å²) in [6, 6.07) is 3.84. The number of halogens is 8. The van der Waals surface area contributed by atoms with Crippen molar-refractivity contribution < 1.29 is 53.1 Å². The highest BCUT2D eigenvalue weighted by molar-refractivity contribution is 7.92. The molecule has 230 valence electrons. The number of carbonyl (C=O) groups excluding carboxylic acids is 2. The number of amides is 2. The average molecular weight is 636 g/mol. The fourth-order valence-electron chi connectivity index (χ4n) is 5.29. The second-order valence-corrected chi connectivity index (χ2v) is 13.2. The van der Waals surface area contributed by atoms with Crippen LogP contribution in [0.2, 0.25) is 0 Å². The number of nitrogens with zero attached hydrogens (tertiary/aromatic N) is 2. The van der Waals surface area contributed by atoms with E-state index in [-0.39, 0.29) is 12.8 Å². The van der Waals surface area contributed by atoms with Crippen LogP contribution in [0.3, 0.4) is 0 Å². The number of nitrogens with one attached hydrogen (secondary N) is 1. The van der Waals surface area contributed by atoms with E-state index in [1.807, 2.05) is 6.07 Å². The van der Waals surface area contributed by atoms with E-state index >= 15 is 0 Å². The SMILES string of the molecule is N#CC1(NC(=O)[C@@H]2C[C@@H](S(=O)(=O)c3ccc(-c4ccc(F)cc4F)cc3C(F)(F)F)CN2C(=O)C2(C(F)(F)F)CC2)CC1. The number of hydrogen-bond donors (Lipinski definition) is 1. The van der Waals surface area contributed by atoms with Gasteiger partial charge in [-0.2, -0.15) is 31.6 Å². The molecule has 3 aliphatic rings. The van der Waals surface area contributed by atoms with Gasteiger partial charge in [0.1, 0.15) is 28.6 Å². The molecule has 2 aromatic carbocycles. The molecule has 0 unspecified atom stereocenters. The first-order valence-corrected chi connectivity index (χ1v) is 14.4. The van der Waals surface area contributed by atoms with Gasteiger partial charge in [0.25, 0.3) is 0 Å². The highest BCUT2D eigenvalue weighted by Crippen LogP contribution is 2.59. The first-order valence-electron chi connectivity index (χ1n) is 12.9. The summed E-state index contributed by atoms with van der Waals surface area (Å²) in [5.41, 5.74) is -6.81. The topological polar surface area (TPSA) is 107 Å². The summed E-state index contributed by atoms with van der Waals surface area (Å²) >= 11 is 0. The van der Waals surface area contributed by atoms with Crippen LogP contribution in [0.25, 0.3) is 11.1 Å². The van der Waals surface area contributed by atoms with Crippen molar-refractivity contribution in [2.24, 2.45) is 5.41 Å². The molecule has 1 heterocycles. The Morgan fingerprint density at radius 2 is 1.63 bits per heavy atom. The molecule has 2 amide bonds. The lowest BCUT2D eigenvalue weighted by Crippen LogP contribution is -2.53. The predicted octanol–water partition coefficient (Wildman–Crippen LogP) is 4.91. The molecule has 2 aliphatic carbocycles. The molecule has 2 saturated carbocycles. The molecule has 3 fully saturated rings. The van der Waals surface area contributed by atoms with E-state index in [0.717, 1.165) is 18.2 Å². The Labute approximate surface area is 239 Å². The number of rotatable bonds is 6. The average Bonchev–Trinajstić information content (AvgIpc) is 3.83. The van der Waals surface area contributed by atoms with Crippen molar-refractivity contribution in [2.75, 3.05) is 6.54 Å². The maximum Gasteiger partial charge on any atom is 0.417 e. The summed E-state index contributed by atoms with van der Waals surface area (Å²) < 4.78 is 139. The first kappa shape index (κ1) is 30.7. The molecule has 1 saturated heterocycles. The second kappa shape index (κ2) is 9.90. The minimum atomic E-state index is -5.32. The normalized spacial score (nSPS) is 22.5. The van der Waals surface area contributed by atoms with Gasteiger partial charge >= 0.3 is 12.4 Å². The quantitative estimate of drug-likeness (QED) is 0.455. The van der Waals surface area contributed by atoms with Gasteiger partial charge in [-0.15, -0.1) is 0 Å². The molecule has 43 heavy (non-hydrogen) atoms. The van der Waals surface area contributed by atoms with E-state index in [0.29, 0.717) is 23.1 Å². The molecule has 2 atom stereocenters. The zero-order valence-corrected chi connectivity index (χ0v) is 22.6. The Balaban J connectivity index is 1.53. The van der Waals surface area contributed by atoms with Crippen LogP contribution in [0.4, 0.5) is 35.1 Å². The molecule has 1 aliphatic heterocycles. The van der Waals surface area contributed by atoms with Crippen LogP contribution in [0, 0.1) is 28.4 Å². The van der Waals surface area contributed by atoms with Crippen molar-refractivity contribution in [1.82, 2.24) is 10.2 Å². The number of likely N-dealkylation sites (tertiary alicyclic amines) is 1. The Bertz CT molecular complexity index is 1660. The van der Waals surface area contributed by atoms with Gasteiger partial charge in [-0.3, -0.25) is 9.59 Å². The number of alkyl halides is 6. The largest absolute Gasteiger partial charge is 0.417 e. The lowest BCUT2D eigenvalue weighted by Gasteiger charge is -2.29. The van der Waals surface area contributed by atoms with Gasteiger partial charge in [0.15, 0.2) is 9.84 Å². The van der Waals surface area contributed by atoms with Gasteiger partial charge < -0.3 is 10.2 Å². The second-order valence-electron chi connectivity index (χ2n) is 11.0. The van der Waals surface area contributed by atoms with Gasteiger partial charge in [0.2, 0.25) is 11.8 Å². The van der Waals surface area contributed by atoms with E-state index in [4.69, 9.17) is 0 Å². The molecule has 16 heteroatoms. The van der Waals surface area contributed by atoms with E-state index in [1.165, 1.54) is 0 Å². The van der Waals surface area contributed by atoms with Crippen LogP contribution in [-0.2, 0) is 25.6 Å². The molecule has 2 aromatic rings. The van der Waals surface area contributed by atoms with Gasteiger partial charge in [-0.25, -0.2) is 17.2 Å². The van der Waals surface area contributed by atoms with Crippen molar-refractivity contribution in [2.45, 2.75) is 66.2 Å². The van der Waals surface area contributed by atoms with Crippen LogP contribution >= 0.6 is 0 Å². The maximum atomic E-state index is 14.3. The lowest BCUT2D eigenvalue weighted by atomic mass is 10.0. The molecular weight excluding hydrogens is 614 g/mol. The molecule has 0 spiro atoms. The van der Waals surface area contributed by atoms with Crippen molar-refractivity contribution in [3.8, 4) is 17.2 Å². The highest BCUT2D eigenvalue weighted by Gasteiger charge is 2.70. The minimum Gasteiger partial charge on any atom is -0.336 e. The van der Waals surface area contributed by atoms with Gasteiger partial charge in [-0.05, 0) is 61.9 Å². The molecular formula is C27H21F8N3O4S. The Kier molecular flexibility index (Phi) is 7.07. The van der Waals surface area contributed by atoms with Crippen molar-refractivity contribution in [3.63, 3.8) is 0 Å². The smallest absolute Gasteiger partial charge is 0.336 e. The number of hydrogen-bond acceptors (Lipinski definition) is 5. The van der Waals surface area contributed by atoms with Crippen molar-refractivity contribution in [1.29, 1.82) is 5.26 Å².